The van der Waals surface area contributed by atoms with E-state index in [1.165, 1.54) is 19.2 Å². The number of amides is 1. The monoisotopic (exact) mass is 404 g/mol. The predicted octanol–water partition coefficient (Wildman–Crippen LogP) is 1.81. The molecule has 2 aromatic rings. The third-order valence-corrected chi connectivity index (χ3v) is 5.44. The molecule has 0 fully saturated rings. The van der Waals surface area contributed by atoms with E-state index in [9.17, 15) is 18.0 Å². The molecule has 7 nitrogen and oxygen atoms in total. The number of nitrogens with one attached hydrogen (secondary N) is 2. The molecule has 0 aliphatic rings. The van der Waals surface area contributed by atoms with Crippen LogP contribution in [0.4, 0.5) is 0 Å². The molecule has 0 saturated carbocycles. The minimum absolute atomic E-state index is 0.142. The molecule has 0 aromatic heterocycles. The van der Waals surface area contributed by atoms with E-state index in [0.717, 1.165) is 5.56 Å². The van der Waals surface area contributed by atoms with Crippen LogP contribution in [0.25, 0.3) is 0 Å². The number of ketones is 1. The van der Waals surface area contributed by atoms with Crippen LogP contribution in [0.2, 0.25) is 0 Å². The molecule has 0 unspecified atom stereocenters. The third-order valence-electron chi connectivity index (χ3n) is 4.03. The van der Waals surface area contributed by atoms with Crippen molar-refractivity contribution in [3.05, 3.63) is 59.7 Å². The summed E-state index contributed by atoms with van der Waals surface area (Å²) in [5, 5.41) is 2.69. The maximum Gasteiger partial charge on any atom is 0.258 e. The van der Waals surface area contributed by atoms with Crippen LogP contribution >= 0.6 is 0 Å². The lowest BCUT2D eigenvalue weighted by molar-refractivity contribution is -0.123. The van der Waals surface area contributed by atoms with Gasteiger partial charge in [-0.15, -0.1) is 0 Å². The van der Waals surface area contributed by atoms with Crippen LogP contribution in [-0.2, 0) is 32.6 Å². The fourth-order valence-corrected chi connectivity index (χ4v) is 3.21. The lowest BCUT2D eigenvalue weighted by atomic mass is 10.1. The Labute approximate surface area is 165 Å². The van der Waals surface area contributed by atoms with Crippen LogP contribution in [0.5, 0.6) is 5.75 Å². The molecule has 8 heteroatoms. The molecule has 150 valence electrons. The summed E-state index contributed by atoms with van der Waals surface area (Å²) in [7, 11) is -2.18. The number of hydrogen-bond donors (Lipinski definition) is 2. The number of carbonyl (C=O) groups excluding carboxylic acids is 2. The lowest BCUT2D eigenvalue weighted by Gasteiger charge is -2.09. The van der Waals surface area contributed by atoms with E-state index in [4.69, 9.17) is 4.74 Å². The number of carbonyl (C=O) groups is 2. The Morgan fingerprint density at radius 3 is 2.39 bits per heavy atom. The summed E-state index contributed by atoms with van der Waals surface area (Å²) >= 11 is 0. The largest absolute Gasteiger partial charge is 0.484 e. The zero-order valence-corrected chi connectivity index (χ0v) is 16.7. The summed E-state index contributed by atoms with van der Waals surface area (Å²) in [4.78, 5) is 23.1. The van der Waals surface area contributed by atoms with E-state index in [1.807, 2.05) is 12.1 Å². The summed E-state index contributed by atoms with van der Waals surface area (Å²) in [5.74, 6) is 0.387. The molecule has 0 saturated heterocycles. The van der Waals surface area contributed by atoms with Crippen molar-refractivity contribution in [2.24, 2.45) is 0 Å². The maximum atomic E-state index is 12.0. The molecule has 0 aliphatic carbocycles. The van der Waals surface area contributed by atoms with Gasteiger partial charge in [0.25, 0.3) is 5.91 Å². The van der Waals surface area contributed by atoms with Gasteiger partial charge in [0.2, 0.25) is 10.0 Å². The highest BCUT2D eigenvalue weighted by atomic mass is 32.2. The molecule has 28 heavy (non-hydrogen) atoms. The summed E-state index contributed by atoms with van der Waals surface area (Å²) in [6.45, 7) is 1.60. The Morgan fingerprint density at radius 2 is 1.75 bits per heavy atom. The maximum absolute atomic E-state index is 12.0. The van der Waals surface area contributed by atoms with E-state index in [0.29, 0.717) is 24.2 Å². The molecule has 0 radical (unpaired) electrons. The molecular weight excluding hydrogens is 380 g/mol. The van der Waals surface area contributed by atoms with Gasteiger partial charge in [0.15, 0.2) is 6.61 Å². The van der Waals surface area contributed by atoms with E-state index >= 15 is 0 Å². The molecule has 1 amide bonds. The summed E-state index contributed by atoms with van der Waals surface area (Å²) in [5.41, 5.74) is 1.70. The SMILES string of the molecule is CNS(=O)(=O)c1cccc(CNC(=O)COc2ccc(CCC(C)=O)cc2)c1. The number of rotatable bonds is 10. The molecule has 0 aliphatic heterocycles. The van der Waals surface area contributed by atoms with E-state index in [-0.39, 0.29) is 29.7 Å². The topological polar surface area (TPSA) is 102 Å². The molecule has 2 rings (SSSR count). The summed E-state index contributed by atoms with van der Waals surface area (Å²) in [6, 6.07) is 13.6. The van der Waals surface area contributed by atoms with Crippen LogP contribution in [0.3, 0.4) is 0 Å². The molecule has 0 spiro atoms. The van der Waals surface area contributed by atoms with Gasteiger partial charge >= 0.3 is 0 Å². The minimum Gasteiger partial charge on any atom is -0.484 e. The second-order valence-electron chi connectivity index (χ2n) is 6.27. The molecule has 0 atom stereocenters. The first-order valence-corrected chi connectivity index (χ1v) is 10.3. The van der Waals surface area contributed by atoms with Crippen LogP contribution < -0.4 is 14.8 Å². The van der Waals surface area contributed by atoms with Crippen LogP contribution in [0, 0.1) is 0 Å². The fourth-order valence-electron chi connectivity index (χ4n) is 2.41. The average molecular weight is 404 g/mol. The number of Topliss-reactive ketones (excluding diaryl/α,β-unsaturated/α-hetero) is 1. The van der Waals surface area contributed by atoms with Gasteiger partial charge < -0.3 is 14.8 Å². The van der Waals surface area contributed by atoms with Crippen molar-refractivity contribution in [2.45, 2.75) is 31.2 Å². The lowest BCUT2D eigenvalue weighted by Crippen LogP contribution is -2.28. The average Bonchev–Trinajstić information content (AvgIpc) is 2.70. The van der Waals surface area contributed by atoms with Gasteiger partial charge in [-0.05, 0) is 55.8 Å². The minimum atomic E-state index is -3.52. The van der Waals surface area contributed by atoms with Gasteiger partial charge in [-0.2, -0.15) is 0 Å². The van der Waals surface area contributed by atoms with Crippen molar-refractivity contribution in [3.8, 4) is 5.75 Å². The van der Waals surface area contributed by atoms with Gasteiger partial charge in [0.1, 0.15) is 11.5 Å². The van der Waals surface area contributed by atoms with Gasteiger partial charge in [0.05, 0.1) is 4.90 Å². The zero-order valence-electron chi connectivity index (χ0n) is 15.9. The van der Waals surface area contributed by atoms with Crippen molar-refractivity contribution in [1.29, 1.82) is 0 Å². The normalized spacial score (nSPS) is 11.1. The van der Waals surface area contributed by atoms with Gasteiger partial charge in [-0.3, -0.25) is 4.79 Å². The summed E-state index contributed by atoms with van der Waals surface area (Å²) < 4.78 is 31.3. The van der Waals surface area contributed by atoms with Gasteiger partial charge in [0, 0.05) is 13.0 Å². The highest BCUT2D eigenvalue weighted by Crippen LogP contribution is 2.14. The summed E-state index contributed by atoms with van der Waals surface area (Å²) in [6.07, 6.45) is 1.18. The van der Waals surface area contributed by atoms with Crippen molar-refractivity contribution in [2.75, 3.05) is 13.7 Å². The van der Waals surface area contributed by atoms with Crippen molar-refractivity contribution < 1.29 is 22.7 Å². The molecule has 0 heterocycles. The standard InChI is InChI=1S/C20H24N2O5S/c1-15(23)6-7-16-8-10-18(11-9-16)27-14-20(24)22-13-17-4-3-5-19(12-17)28(25,26)21-2/h3-5,8-12,21H,6-7,13-14H2,1-2H3,(H,22,24). The smallest absolute Gasteiger partial charge is 0.258 e. The Balaban J connectivity index is 1.82. The second kappa shape index (κ2) is 10.0. The van der Waals surface area contributed by atoms with Gasteiger partial charge in [-0.1, -0.05) is 24.3 Å². The number of sulfonamides is 1. The Morgan fingerprint density at radius 1 is 1.04 bits per heavy atom. The van der Waals surface area contributed by atoms with E-state index in [1.54, 1.807) is 31.2 Å². The van der Waals surface area contributed by atoms with Crippen molar-refractivity contribution in [1.82, 2.24) is 10.0 Å². The Hall–Kier alpha value is -2.71. The second-order valence-corrected chi connectivity index (χ2v) is 8.15. The van der Waals surface area contributed by atoms with Crippen molar-refractivity contribution in [3.63, 3.8) is 0 Å². The number of aryl methyl sites for hydroxylation is 1. The quantitative estimate of drug-likeness (QED) is 0.629. The molecule has 0 bridgehead atoms. The fraction of sp³-hybridized carbons (Fsp3) is 0.300. The van der Waals surface area contributed by atoms with Crippen LogP contribution in [0.15, 0.2) is 53.4 Å². The number of ether oxygens (including phenoxy) is 1. The molecule has 2 N–H and O–H groups in total. The molecular formula is C20H24N2O5S. The van der Waals surface area contributed by atoms with Crippen LogP contribution in [0.1, 0.15) is 24.5 Å². The number of benzene rings is 2. The zero-order chi connectivity index (χ0) is 20.6. The van der Waals surface area contributed by atoms with E-state index < -0.39 is 10.0 Å². The highest BCUT2D eigenvalue weighted by molar-refractivity contribution is 7.89. The van der Waals surface area contributed by atoms with Crippen molar-refractivity contribution >= 4 is 21.7 Å². The Kier molecular flexibility index (Phi) is 7.71. The van der Waals surface area contributed by atoms with E-state index in [2.05, 4.69) is 10.0 Å². The molecule has 2 aromatic carbocycles. The number of hydrogen-bond acceptors (Lipinski definition) is 5. The first kappa shape index (κ1) is 21.6. The third kappa shape index (κ3) is 6.79. The Bertz CT molecular complexity index is 924. The van der Waals surface area contributed by atoms with Gasteiger partial charge in [-0.25, -0.2) is 13.1 Å². The predicted molar refractivity (Wildman–Crippen MR) is 105 cm³/mol. The highest BCUT2D eigenvalue weighted by Gasteiger charge is 2.11. The van der Waals surface area contributed by atoms with Crippen LogP contribution in [-0.4, -0.2) is 33.8 Å². The first-order valence-electron chi connectivity index (χ1n) is 8.80. The first-order chi connectivity index (χ1) is 13.3.